The summed E-state index contributed by atoms with van der Waals surface area (Å²) in [6, 6.07) is 20.0. The van der Waals surface area contributed by atoms with Crippen molar-refractivity contribution < 1.29 is 22.2 Å². The van der Waals surface area contributed by atoms with E-state index in [0.717, 1.165) is 0 Å². The van der Waals surface area contributed by atoms with Crippen LogP contribution in [-0.4, -0.2) is 11.7 Å². The van der Waals surface area contributed by atoms with Crippen molar-refractivity contribution >= 4 is 0 Å². The molecule has 0 bridgehead atoms. The van der Waals surface area contributed by atoms with Gasteiger partial charge >= 0.3 is 0 Å². The minimum absolute atomic E-state index is 0. The Morgan fingerprint density at radius 2 is 1.25 bits per heavy atom. The number of aliphatic hydroxyl groups excluding tert-OH is 1. The molecule has 0 saturated heterocycles. The normalized spacial score (nSPS) is 8.00. The molecule has 0 saturated carbocycles. The number of hydrogen-bond acceptors (Lipinski definition) is 1. The van der Waals surface area contributed by atoms with E-state index in [4.69, 9.17) is 5.11 Å². The maximum atomic E-state index is 8.14. The van der Waals surface area contributed by atoms with Gasteiger partial charge in [-0.25, -0.2) is 12.1 Å². The smallest absolute Gasteiger partial charge is 0.0453 e. The van der Waals surface area contributed by atoms with Gasteiger partial charge in [0.15, 0.2) is 0 Å². The summed E-state index contributed by atoms with van der Waals surface area (Å²) < 4.78 is 0. The van der Waals surface area contributed by atoms with Crippen LogP contribution < -0.4 is 0 Å². The second kappa shape index (κ2) is 14.2. The summed E-state index contributed by atoms with van der Waals surface area (Å²) in [6.07, 6.45) is 0. The van der Waals surface area contributed by atoms with Crippen LogP contribution in [0.1, 0.15) is 13.8 Å². The Hall–Kier alpha value is -0.821. The molecule has 1 nitrogen and oxygen atoms in total. The Bertz CT molecular complexity index is 198. The zero-order valence-corrected chi connectivity index (χ0v) is 11.0. The topological polar surface area (TPSA) is 20.2 Å². The van der Waals surface area contributed by atoms with Crippen molar-refractivity contribution in [1.82, 2.24) is 0 Å². The predicted molar refractivity (Wildman–Crippen MR) is 66.0 cm³/mol. The van der Waals surface area contributed by atoms with Crippen molar-refractivity contribution in [2.75, 3.05) is 6.61 Å². The Labute approximate surface area is 109 Å². The minimum Gasteiger partial charge on any atom is -0.748 e. The largest absolute Gasteiger partial charge is 0.748 e. The molecule has 0 unspecified atom stereocenters. The van der Waals surface area contributed by atoms with Crippen molar-refractivity contribution in [3.8, 4) is 0 Å². The van der Waals surface area contributed by atoms with E-state index in [1.807, 2.05) is 74.5 Å². The second-order valence-corrected chi connectivity index (χ2v) is 3.50. The zero-order valence-electron chi connectivity index (χ0n) is 9.86. The molecule has 0 aliphatic heterocycles. The van der Waals surface area contributed by atoms with E-state index < -0.39 is 0 Å². The molecule has 0 aromatic heterocycles. The average molecular weight is 260 g/mol. The Morgan fingerprint density at radius 3 is 1.38 bits per heavy atom. The number of aliphatic hydroxyl groups is 1. The average Bonchev–Trinajstić information content (AvgIpc) is 2.96. The predicted octanol–water partition coefficient (Wildman–Crippen LogP) is 3.44. The Kier molecular flexibility index (Phi) is 15.6. The van der Waals surface area contributed by atoms with Crippen molar-refractivity contribution in [3.63, 3.8) is 0 Å². The van der Waals surface area contributed by atoms with E-state index in [1.54, 1.807) is 0 Å². The Balaban J connectivity index is 0. The molecule has 0 aliphatic carbocycles. The minimum atomic E-state index is 0. The molecule has 0 spiro atoms. The van der Waals surface area contributed by atoms with Crippen LogP contribution in [0.4, 0.5) is 0 Å². The summed E-state index contributed by atoms with van der Waals surface area (Å²) in [5.41, 5.74) is 0. The first-order valence-electron chi connectivity index (χ1n) is 5.21. The van der Waals surface area contributed by atoms with Crippen LogP contribution in [0.3, 0.4) is 0 Å². The summed E-state index contributed by atoms with van der Waals surface area (Å²) in [5.74, 6) is 0.440. The van der Waals surface area contributed by atoms with Gasteiger partial charge < -0.3 is 35.4 Å². The maximum Gasteiger partial charge on any atom is 0.0453 e. The van der Waals surface area contributed by atoms with E-state index in [1.165, 1.54) is 0 Å². The quantitative estimate of drug-likeness (QED) is 0.615. The third kappa shape index (κ3) is 15.6. The van der Waals surface area contributed by atoms with E-state index in [-0.39, 0.29) is 17.1 Å². The first-order chi connectivity index (χ1) is 7.27. The zero-order chi connectivity index (χ0) is 11.4. The Morgan fingerprint density at radius 1 is 0.938 bits per heavy atom. The van der Waals surface area contributed by atoms with Crippen molar-refractivity contribution in [3.05, 3.63) is 60.7 Å². The van der Waals surface area contributed by atoms with Crippen LogP contribution in [0.2, 0.25) is 0 Å². The van der Waals surface area contributed by atoms with Crippen molar-refractivity contribution in [2.45, 2.75) is 13.8 Å². The fourth-order valence-electron chi connectivity index (χ4n) is 0.642. The molecule has 0 radical (unpaired) electrons. The molecule has 1 N–H and O–H groups in total. The van der Waals surface area contributed by atoms with Gasteiger partial charge in [-0.1, -0.05) is 13.8 Å². The van der Waals surface area contributed by atoms with Crippen LogP contribution in [0.25, 0.3) is 0 Å². The van der Waals surface area contributed by atoms with Crippen LogP contribution in [0.15, 0.2) is 60.7 Å². The molecule has 0 fully saturated rings. The van der Waals surface area contributed by atoms with Gasteiger partial charge in [-0.3, -0.25) is 0 Å². The van der Waals surface area contributed by atoms with Crippen molar-refractivity contribution in [1.29, 1.82) is 0 Å². The molecule has 2 aromatic carbocycles. The third-order valence-corrected chi connectivity index (χ3v) is 1.48. The molecule has 2 heteroatoms. The SMILES string of the molecule is CC(C)CO.[Fe].[cH-]1[cH-][cH-][cH-][cH-]1.c1cc[cH-]c1. The first kappa shape index (κ1) is 17.6. The molecule has 2 rings (SSSR count). The van der Waals surface area contributed by atoms with Crippen molar-refractivity contribution in [2.24, 2.45) is 5.92 Å². The van der Waals surface area contributed by atoms with Crippen LogP contribution in [0, 0.1) is 5.92 Å². The molecular weight excluding hydrogens is 240 g/mol. The van der Waals surface area contributed by atoms with Gasteiger partial charge in [0, 0.05) is 23.7 Å². The molecular formula is C14H20FeO-6. The van der Waals surface area contributed by atoms with Gasteiger partial charge in [-0.15, -0.1) is 0 Å². The van der Waals surface area contributed by atoms with Gasteiger partial charge in [-0.2, -0.15) is 18.2 Å². The molecule has 0 atom stereocenters. The standard InChI is InChI=1S/2C5H5.C4H10O.Fe/c2*1-2-4-5-3-1;1-4(2)3-5;/h2*1-5H;4-5H,3H2,1-2H3;/q-5;-1;;. The summed E-state index contributed by atoms with van der Waals surface area (Å²) in [7, 11) is 0. The molecule has 0 aliphatic rings. The molecule has 0 heterocycles. The van der Waals surface area contributed by atoms with Crippen LogP contribution >= 0.6 is 0 Å². The van der Waals surface area contributed by atoms with E-state index in [9.17, 15) is 0 Å². The van der Waals surface area contributed by atoms with Gasteiger partial charge in [0.2, 0.25) is 0 Å². The first-order valence-corrected chi connectivity index (χ1v) is 5.21. The van der Waals surface area contributed by atoms with E-state index >= 15 is 0 Å². The molecule has 96 valence electrons. The summed E-state index contributed by atoms with van der Waals surface area (Å²) >= 11 is 0. The number of hydrogen-bond donors (Lipinski definition) is 1. The summed E-state index contributed by atoms with van der Waals surface area (Å²) in [6.45, 7) is 4.25. The van der Waals surface area contributed by atoms with Gasteiger partial charge in [0.05, 0.1) is 0 Å². The maximum absolute atomic E-state index is 8.14. The molecule has 16 heavy (non-hydrogen) atoms. The molecule has 0 amide bonds. The third-order valence-electron chi connectivity index (χ3n) is 1.48. The number of rotatable bonds is 1. The summed E-state index contributed by atoms with van der Waals surface area (Å²) in [5, 5.41) is 8.14. The van der Waals surface area contributed by atoms with Gasteiger partial charge in [-0.05, 0) is 5.92 Å². The van der Waals surface area contributed by atoms with Gasteiger partial charge in [0.1, 0.15) is 0 Å². The molecule has 2 aromatic rings. The fraction of sp³-hybridized carbons (Fsp3) is 0.286. The monoisotopic (exact) mass is 260 g/mol. The van der Waals surface area contributed by atoms with Gasteiger partial charge in [0.25, 0.3) is 0 Å². The van der Waals surface area contributed by atoms with Crippen LogP contribution in [0.5, 0.6) is 0 Å². The fourth-order valence-corrected chi connectivity index (χ4v) is 0.642. The second-order valence-electron chi connectivity index (χ2n) is 3.50. The van der Waals surface area contributed by atoms with E-state index in [0.29, 0.717) is 12.5 Å². The summed E-state index contributed by atoms with van der Waals surface area (Å²) in [4.78, 5) is 0. The van der Waals surface area contributed by atoms with Crippen LogP contribution in [-0.2, 0) is 17.1 Å². The van der Waals surface area contributed by atoms with E-state index in [2.05, 4.69) is 0 Å².